The van der Waals surface area contributed by atoms with Crippen LogP contribution >= 0.6 is 0 Å². The third kappa shape index (κ3) is 5.92. The Hall–Kier alpha value is -1.29. The Labute approximate surface area is 128 Å². The van der Waals surface area contributed by atoms with Gasteiger partial charge >= 0.3 is 0 Å². The van der Waals surface area contributed by atoms with E-state index in [1.54, 1.807) is 6.26 Å². The minimum atomic E-state index is 0.192. The fraction of sp³-hybridized carbons (Fsp3) is 0.706. The third-order valence-electron chi connectivity index (χ3n) is 4.11. The van der Waals surface area contributed by atoms with Gasteiger partial charge in [-0.15, -0.1) is 0 Å². The molecule has 1 unspecified atom stereocenters. The van der Waals surface area contributed by atoms with Crippen LogP contribution in [0.1, 0.15) is 52.7 Å². The van der Waals surface area contributed by atoms with Crippen molar-refractivity contribution in [3.05, 3.63) is 24.2 Å². The average Bonchev–Trinajstić information content (AvgIpc) is 2.92. The first-order valence-electron chi connectivity index (χ1n) is 7.88. The maximum atomic E-state index is 12.4. The molecule has 4 nitrogen and oxygen atoms in total. The number of furan rings is 1. The number of nitrogens with two attached hydrogens (primary N) is 1. The number of hydrogen-bond acceptors (Lipinski definition) is 3. The molecule has 120 valence electrons. The monoisotopic (exact) mass is 294 g/mol. The van der Waals surface area contributed by atoms with E-state index in [-0.39, 0.29) is 11.3 Å². The topological polar surface area (TPSA) is 59.5 Å². The molecule has 0 aliphatic rings. The molecular formula is C17H30N2O2. The Balaban J connectivity index is 2.53. The first kappa shape index (κ1) is 17.8. The lowest BCUT2D eigenvalue weighted by molar-refractivity contribution is -0.132. The van der Waals surface area contributed by atoms with Crippen LogP contribution in [0.5, 0.6) is 0 Å². The van der Waals surface area contributed by atoms with Gasteiger partial charge in [-0.25, -0.2) is 0 Å². The Bertz CT molecular complexity index is 407. The first-order valence-corrected chi connectivity index (χ1v) is 7.88. The van der Waals surface area contributed by atoms with E-state index in [1.807, 2.05) is 24.0 Å². The lowest BCUT2D eigenvalue weighted by Crippen LogP contribution is -2.31. The molecule has 2 N–H and O–H groups in total. The van der Waals surface area contributed by atoms with E-state index in [2.05, 4.69) is 20.8 Å². The summed E-state index contributed by atoms with van der Waals surface area (Å²) in [5, 5.41) is 0. The van der Waals surface area contributed by atoms with E-state index in [1.165, 1.54) is 0 Å². The lowest BCUT2D eigenvalue weighted by atomic mass is 9.76. The molecule has 0 aliphatic heterocycles. The quantitative estimate of drug-likeness (QED) is 0.799. The summed E-state index contributed by atoms with van der Waals surface area (Å²) in [4.78, 5) is 14.2. The molecule has 1 heterocycles. The van der Waals surface area contributed by atoms with Gasteiger partial charge in [-0.1, -0.05) is 20.8 Å². The van der Waals surface area contributed by atoms with E-state index in [9.17, 15) is 4.79 Å². The number of carbonyl (C=O) groups excluding carboxylic acids is 1. The van der Waals surface area contributed by atoms with Gasteiger partial charge in [0, 0.05) is 13.0 Å². The number of hydrogen-bond donors (Lipinski definition) is 1. The van der Waals surface area contributed by atoms with E-state index in [0.29, 0.717) is 32.0 Å². The van der Waals surface area contributed by atoms with Crippen LogP contribution in [0, 0.1) is 11.3 Å². The molecule has 0 saturated heterocycles. The van der Waals surface area contributed by atoms with Gasteiger partial charge in [0.2, 0.25) is 5.91 Å². The Morgan fingerprint density at radius 1 is 1.38 bits per heavy atom. The lowest BCUT2D eigenvalue weighted by Gasteiger charge is -2.31. The highest BCUT2D eigenvalue weighted by atomic mass is 16.3. The molecule has 0 bridgehead atoms. The zero-order valence-corrected chi connectivity index (χ0v) is 13.9. The molecule has 21 heavy (non-hydrogen) atoms. The number of nitrogens with zero attached hydrogens (tertiary/aromatic N) is 1. The second kappa shape index (κ2) is 8.23. The third-order valence-corrected chi connectivity index (χ3v) is 4.11. The second-order valence-corrected chi connectivity index (χ2v) is 6.67. The van der Waals surface area contributed by atoms with Crippen LogP contribution in [0.4, 0.5) is 0 Å². The Morgan fingerprint density at radius 2 is 2.10 bits per heavy atom. The van der Waals surface area contributed by atoms with Gasteiger partial charge in [0.25, 0.3) is 0 Å². The maximum Gasteiger partial charge on any atom is 0.222 e. The maximum absolute atomic E-state index is 12.4. The van der Waals surface area contributed by atoms with Crippen molar-refractivity contribution in [2.75, 3.05) is 13.1 Å². The molecule has 0 aliphatic carbocycles. The van der Waals surface area contributed by atoms with E-state index < -0.39 is 0 Å². The summed E-state index contributed by atoms with van der Waals surface area (Å²) < 4.78 is 5.32. The van der Waals surface area contributed by atoms with Crippen molar-refractivity contribution in [3.8, 4) is 0 Å². The minimum absolute atomic E-state index is 0.192. The summed E-state index contributed by atoms with van der Waals surface area (Å²) in [6.45, 7) is 10.6. The van der Waals surface area contributed by atoms with Gasteiger partial charge in [-0.2, -0.15) is 0 Å². The molecule has 1 atom stereocenters. The summed E-state index contributed by atoms with van der Waals surface area (Å²) in [6, 6.07) is 3.76. The van der Waals surface area contributed by atoms with Crippen LogP contribution in [-0.2, 0) is 11.3 Å². The molecule has 1 amide bonds. The number of rotatable bonds is 8. The summed E-state index contributed by atoms with van der Waals surface area (Å²) in [7, 11) is 0. The molecule has 0 aromatic carbocycles. The zero-order chi connectivity index (χ0) is 15.9. The normalized spacial score (nSPS) is 13.2. The summed E-state index contributed by atoms with van der Waals surface area (Å²) in [5.41, 5.74) is 5.89. The average molecular weight is 294 g/mol. The van der Waals surface area contributed by atoms with Gasteiger partial charge in [0.1, 0.15) is 5.76 Å². The Kier molecular flexibility index (Phi) is 6.96. The molecule has 0 fully saturated rings. The highest BCUT2D eigenvalue weighted by Gasteiger charge is 2.25. The Morgan fingerprint density at radius 3 is 2.57 bits per heavy atom. The molecule has 4 heteroatoms. The van der Waals surface area contributed by atoms with Gasteiger partial charge in [-0.05, 0) is 49.8 Å². The molecule has 1 aromatic rings. The van der Waals surface area contributed by atoms with Gasteiger partial charge in [0.05, 0.1) is 12.8 Å². The highest BCUT2D eigenvalue weighted by molar-refractivity contribution is 5.76. The molecule has 0 saturated carbocycles. The van der Waals surface area contributed by atoms with Gasteiger partial charge in [-0.3, -0.25) is 4.79 Å². The van der Waals surface area contributed by atoms with Gasteiger partial charge < -0.3 is 15.1 Å². The molecular weight excluding hydrogens is 264 g/mol. The number of carbonyl (C=O) groups is 1. The molecule has 1 aromatic heterocycles. The van der Waals surface area contributed by atoms with Crippen molar-refractivity contribution in [3.63, 3.8) is 0 Å². The summed E-state index contributed by atoms with van der Waals surface area (Å²) >= 11 is 0. The van der Waals surface area contributed by atoms with Crippen LogP contribution in [0.25, 0.3) is 0 Å². The highest BCUT2D eigenvalue weighted by Crippen LogP contribution is 2.32. The van der Waals surface area contributed by atoms with Crippen molar-refractivity contribution in [1.82, 2.24) is 4.90 Å². The standard InChI is InChI=1S/C17H30N2O2/c1-5-19(13-15-7-6-12-21-15)16(20)9-8-14(10-11-18)17(2,3)4/h6-7,12,14H,5,8-11,13,18H2,1-4H3. The van der Waals surface area contributed by atoms with Crippen molar-refractivity contribution in [2.24, 2.45) is 17.1 Å². The smallest absolute Gasteiger partial charge is 0.222 e. The largest absolute Gasteiger partial charge is 0.467 e. The SMILES string of the molecule is CCN(Cc1ccco1)C(=O)CCC(CCN)C(C)(C)C. The fourth-order valence-electron chi connectivity index (χ4n) is 2.63. The fourth-order valence-corrected chi connectivity index (χ4v) is 2.63. The molecule has 1 rings (SSSR count). The zero-order valence-electron chi connectivity index (χ0n) is 13.9. The van der Waals surface area contributed by atoms with Crippen LogP contribution in [0.15, 0.2) is 22.8 Å². The van der Waals surface area contributed by atoms with Gasteiger partial charge in [0.15, 0.2) is 0 Å². The minimum Gasteiger partial charge on any atom is -0.467 e. The van der Waals surface area contributed by atoms with Crippen molar-refractivity contribution in [2.45, 2.75) is 53.5 Å². The van der Waals surface area contributed by atoms with E-state index in [4.69, 9.17) is 10.2 Å². The van der Waals surface area contributed by atoms with Crippen molar-refractivity contribution >= 4 is 5.91 Å². The van der Waals surface area contributed by atoms with Crippen LogP contribution in [-0.4, -0.2) is 23.9 Å². The van der Waals surface area contributed by atoms with E-state index >= 15 is 0 Å². The summed E-state index contributed by atoms with van der Waals surface area (Å²) in [6.07, 6.45) is 4.09. The second-order valence-electron chi connectivity index (χ2n) is 6.67. The van der Waals surface area contributed by atoms with Crippen LogP contribution in [0.2, 0.25) is 0 Å². The van der Waals surface area contributed by atoms with Crippen LogP contribution < -0.4 is 5.73 Å². The molecule has 0 radical (unpaired) electrons. The van der Waals surface area contributed by atoms with Crippen molar-refractivity contribution < 1.29 is 9.21 Å². The predicted octanol–water partition coefficient (Wildman–Crippen LogP) is 3.42. The predicted molar refractivity (Wildman–Crippen MR) is 85.6 cm³/mol. The van der Waals surface area contributed by atoms with E-state index in [0.717, 1.165) is 18.6 Å². The first-order chi connectivity index (χ1) is 9.88. The summed E-state index contributed by atoms with van der Waals surface area (Å²) in [5.74, 6) is 1.51. The number of amides is 1. The molecule has 0 spiro atoms. The van der Waals surface area contributed by atoms with Crippen molar-refractivity contribution in [1.29, 1.82) is 0 Å². The van der Waals surface area contributed by atoms with Crippen LogP contribution in [0.3, 0.4) is 0 Å².